The summed E-state index contributed by atoms with van der Waals surface area (Å²) >= 11 is 6.18. The van der Waals surface area contributed by atoms with Crippen molar-refractivity contribution in [2.24, 2.45) is 5.73 Å². The average Bonchev–Trinajstić information content (AvgIpc) is 3.30. The molecule has 2 N–H and O–H groups in total. The number of benzene rings is 1. The highest BCUT2D eigenvalue weighted by Gasteiger charge is 2.34. The summed E-state index contributed by atoms with van der Waals surface area (Å²) in [6, 6.07) is 3.08. The number of rotatable bonds is 2. The van der Waals surface area contributed by atoms with Crippen LogP contribution in [0.1, 0.15) is 40.2 Å². The molecule has 4 rings (SSSR count). The summed E-state index contributed by atoms with van der Waals surface area (Å²) < 4.78 is 40.8. The first-order valence-electron chi connectivity index (χ1n) is 8.78. The van der Waals surface area contributed by atoms with Gasteiger partial charge in [-0.05, 0) is 43.9 Å². The summed E-state index contributed by atoms with van der Waals surface area (Å²) in [4.78, 5) is 14.5. The first kappa shape index (κ1) is 18.3. The third-order valence-electron chi connectivity index (χ3n) is 5.15. The zero-order valence-electron chi connectivity index (χ0n) is 14.4. The van der Waals surface area contributed by atoms with Gasteiger partial charge in [-0.1, -0.05) is 11.6 Å². The smallest absolute Gasteiger partial charge is 0.336 e. The fraction of sp³-hybridized carbons (Fsp3) is 0.444. The maximum Gasteiger partial charge on any atom is 0.416 e. The number of nitrogens with two attached hydrogens (primary N) is 1. The molecule has 0 saturated carbocycles. The fourth-order valence-corrected chi connectivity index (χ4v) is 3.98. The summed E-state index contributed by atoms with van der Waals surface area (Å²) in [7, 11) is 0. The van der Waals surface area contributed by atoms with Crippen LogP contribution in [-0.4, -0.2) is 39.7 Å². The normalized spacial score (nSPS) is 19.6. The molecular formula is C18H18ClF3N4O. The molecule has 0 spiro atoms. The van der Waals surface area contributed by atoms with Crippen LogP contribution in [0.25, 0.3) is 5.69 Å². The van der Waals surface area contributed by atoms with Gasteiger partial charge in [-0.3, -0.25) is 4.79 Å². The molecule has 5 nitrogen and oxygen atoms in total. The Morgan fingerprint density at radius 2 is 2.07 bits per heavy atom. The Hall–Kier alpha value is -2.06. The van der Waals surface area contributed by atoms with Gasteiger partial charge < -0.3 is 10.6 Å². The standard InChI is InChI=1S/C18H18ClF3N4O/c19-13-5-4-10(18(20,21)22)8-15(13)26-14-3-1-2-12(14)16(24-26)17(27)25-7-6-11(23)9-25/h4-5,8,11H,1-3,6-7,9,23H2. The van der Waals surface area contributed by atoms with Crippen LogP contribution >= 0.6 is 11.6 Å². The lowest BCUT2D eigenvalue weighted by Gasteiger charge is -2.15. The molecule has 1 unspecified atom stereocenters. The second kappa shape index (κ2) is 6.53. The van der Waals surface area contributed by atoms with Gasteiger partial charge in [0.1, 0.15) is 0 Å². The van der Waals surface area contributed by atoms with Gasteiger partial charge in [-0.25, -0.2) is 4.68 Å². The number of aromatic nitrogens is 2. The topological polar surface area (TPSA) is 64.2 Å². The highest BCUT2D eigenvalue weighted by Crippen LogP contribution is 2.35. The molecule has 1 fully saturated rings. The zero-order valence-corrected chi connectivity index (χ0v) is 15.1. The second-order valence-corrected chi connectivity index (χ2v) is 7.41. The Kier molecular flexibility index (Phi) is 4.43. The van der Waals surface area contributed by atoms with E-state index < -0.39 is 11.7 Å². The van der Waals surface area contributed by atoms with Crippen LogP contribution in [0.2, 0.25) is 5.02 Å². The largest absolute Gasteiger partial charge is 0.416 e. The predicted octanol–water partition coefficient (Wildman–Crippen LogP) is 3.21. The van der Waals surface area contributed by atoms with E-state index in [1.165, 1.54) is 10.7 Å². The molecule has 2 heterocycles. The number of amides is 1. The Labute approximate surface area is 158 Å². The van der Waals surface area contributed by atoms with Gasteiger partial charge in [0.2, 0.25) is 0 Å². The molecule has 1 aromatic heterocycles. The SMILES string of the molecule is NC1CCN(C(=O)c2nn(-c3cc(C(F)(F)F)ccc3Cl)c3c2CCC3)C1. The summed E-state index contributed by atoms with van der Waals surface area (Å²) in [6.07, 6.45) is -1.62. The predicted molar refractivity (Wildman–Crippen MR) is 94.1 cm³/mol. The van der Waals surface area contributed by atoms with E-state index in [9.17, 15) is 18.0 Å². The highest BCUT2D eigenvalue weighted by atomic mass is 35.5. The van der Waals surface area contributed by atoms with Crippen LogP contribution in [0, 0.1) is 0 Å². The minimum atomic E-state index is -4.49. The molecule has 2 aliphatic rings. The van der Waals surface area contributed by atoms with Crippen LogP contribution in [0.3, 0.4) is 0 Å². The van der Waals surface area contributed by atoms with Gasteiger partial charge in [0.25, 0.3) is 5.91 Å². The summed E-state index contributed by atoms with van der Waals surface area (Å²) in [5.74, 6) is -0.219. The number of halogens is 4. The number of nitrogens with zero attached hydrogens (tertiary/aromatic N) is 3. The van der Waals surface area contributed by atoms with Crippen LogP contribution in [-0.2, 0) is 19.0 Å². The summed E-state index contributed by atoms with van der Waals surface area (Å²) in [6.45, 7) is 1.02. The molecular weight excluding hydrogens is 381 g/mol. The Morgan fingerprint density at radius 3 is 2.74 bits per heavy atom. The van der Waals surface area contributed by atoms with E-state index in [1.807, 2.05) is 0 Å². The Bertz CT molecular complexity index is 909. The van der Waals surface area contributed by atoms with Crippen molar-refractivity contribution in [3.8, 4) is 5.69 Å². The van der Waals surface area contributed by atoms with Gasteiger partial charge in [-0.15, -0.1) is 0 Å². The average molecular weight is 399 g/mol. The van der Waals surface area contributed by atoms with Crippen molar-refractivity contribution < 1.29 is 18.0 Å². The van der Waals surface area contributed by atoms with Crippen molar-refractivity contribution in [1.29, 1.82) is 0 Å². The monoisotopic (exact) mass is 398 g/mol. The fourth-order valence-electron chi connectivity index (χ4n) is 3.78. The highest BCUT2D eigenvalue weighted by molar-refractivity contribution is 6.32. The van der Waals surface area contributed by atoms with E-state index >= 15 is 0 Å². The number of carbonyl (C=O) groups excluding carboxylic acids is 1. The van der Waals surface area contributed by atoms with Crippen molar-refractivity contribution in [2.45, 2.75) is 37.9 Å². The molecule has 144 valence electrons. The molecule has 1 aliphatic carbocycles. The quantitative estimate of drug-likeness (QED) is 0.844. The first-order chi connectivity index (χ1) is 12.8. The molecule has 2 aromatic rings. The van der Waals surface area contributed by atoms with Crippen LogP contribution < -0.4 is 5.73 Å². The van der Waals surface area contributed by atoms with E-state index in [1.54, 1.807) is 4.90 Å². The Balaban J connectivity index is 1.79. The van der Waals surface area contributed by atoms with Crippen LogP contribution in [0.5, 0.6) is 0 Å². The van der Waals surface area contributed by atoms with Gasteiger partial charge in [-0.2, -0.15) is 18.3 Å². The molecule has 0 radical (unpaired) electrons. The molecule has 9 heteroatoms. The Morgan fingerprint density at radius 1 is 1.30 bits per heavy atom. The molecule has 1 aromatic carbocycles. The second-order valence-electron chi connectivity index (χ2n) is 7.00. The zero-order chi connectivity index (χ0) is 19.3. The van der Waals surface area contributed by atoms with Gasteiger partial charge in [0.05, 0.1) is 16.3 Å². The van der Waals surface area contributed by atoms with E-state index in [4.69, 9.17) is 17.3 Å². The molecule has 0 bridgehead atoms. The van der Waals surface area contributed by atoms with Crippen molar-refractivity contribution >= 4 is 17.5 Å². The lowest BCUT2D eigenvalue weighted by molar-refractivity contribution is -0.137. The number of alkyl halides is 3. The van der Waals surface area contributed by atoms with E-state index in [2.05, 4.69) is 5.10 Å². The van der Waals surface area contributed by atoms with Gasteiger partial charge in [0.15, 0.2) is 5.69 Å². The first-order valence-corrected chi connectivity index (χ1v) is 9.16. The number of fused-ring (bicyclic) bond motifs is 1. The number of hydrogen-bond donors (Lipinski definition) is 1. The number of likely N-dealkylation sites (tertiary alicyclic amines) is 1. The van der Waals surface area contributed by atoms with E-state index in [0.29, 0.717) is 31.6 Å². The lowest BCUT2D eigenvalue weighted by atomic mass is 10.1. The number of hydrogen-bond acceptors (Lipinski definition) is 3. The minimum Gasteiger partial charge on any atom is -0.336 e. The van der Waals surface area contributed by atoms with Gasteiger partial charge in [0, 0.05) is 30.4 Å². The minimum absolute atomic E-state index is 0.0537. The maximum absolute atomic E-state index is 13.1. The third-order valence-corrected chi connectivity index (χ3v) is 5.47. The van der Waals surface area contributed by atoms with E-state index in [0.717, 1.165) is 36.2 Å². The van der Waals surface area contributed by atoms with Crippen molar-refractivity contribution in [2.75, 3.05) is 13.1 Å². The molecule has 1 saturated heterocycles. The van der Waals surface area contributed by atoms with Crippen molar-refractivity contribution in [3.63, 3.8) is 0 Å². The summed E-state index contributed by atoms with van der Waals surface area (Å²) in [5.41, 5.74) is 7.07. The number of carbonyl (C=O) groups is 1. The van der Waals surface area contributed by atoms with Crippen molar-refractivity contribution in [3.05, 3.63) is 45.7 Å². The summed E-state index contributed by atoms with van der Waals surface area (Å²) in [5, 5.41) is 4.54. The molecule has 27 heavy (non-hydrogen) atoms. The molecule has 1 amide bonds. The van der Waals surface area contributed by atoms with Crippen LogP contribution in [0.4, 0.5) is 13.2 Å². The van der Waals surface area contributed by atoms with Crippen LogP contribution in [0.15, 0.2) is 18.2 Å². The third kappa shape index (κ3) is 3.21. The van der Waals surface area contributed by atoms with Gasteiger partial charge >= 0.3 is 6.18 Å². The lowest BCUT2D eigenvalue weighted by Crippen LogP contribution is -2.32. The maximum atomic E-state index is 13.1. The van der Waals surface area contributed by atoms with Crippen molar-refractivity contribution in [1.82, 2.24) is 14.7 Å². The van der Waals surface area contributed by atoms with E-state index in [-0.39, 0.29) is 22.7 Å². The molecule has 1 aliphatic heterocycles. The molecule has 1 atom stereocenters.